The third-order valence-electron chi connectivity index (χ3n) is 5.72. The Morgan fingerprint density at radius 3 is 2.84 bits per heavy atom. The lowest BCUT2D eigenvalue weighted by atomic mass is 9.91. The molecule has 3 aromatic rings. The molecule has 6 N–H and O–H groups in total. The van der Waals surface area contributed by atoms with Crippen LogP contribution in [0.25, 0.3) is 10.9 Å². The van der Waals surface area contributed by atoms with E-state index in [1.165, 1.54) is 0 Å². The standard InChI is InChI=1S/C22H28FN7O2/c1-32-9-8-30-12-13-10-14(6-7-18(13)29-30)26-21-15(20(25)31)11-16(23)22(28-21)27-19-5-3-2-4-17(19)24/h6-7,10-12,17,19H,2-5,8-9,24H2,1H3,(H2,25,31)(H2,26,27,28). The first-order valence-corrected chi connectivity index (χ1v) is 10.7. The van der Waals surface area contributed by atoms with E-state index in [0.717, 1.165) is 42.7 Å². The predicted molar refractivity (Wildman–Crippen MR) is 121 cm³/mol. The summed E-state index contributed by atoms with van der Waals surface area (Å²) in [6, 6.07) is 6.51. The Bertz CT molecular complexity index is 1120. The largest absolute Gasteiger partial charge is 0.383 e. The molecule has 4 rings (SSSR count). The number of ether oxygens (including phenoxy) is 1. The summed E-state index contributed by atoms with van der Waals surface area (Å²) in [5.74, 6) is -1.18. The molecule has 0 radical (unpaired) electrons. The highest BCUT2D eigenvalue weighted by atomic mass is 19.1. The first-order chi connectivity index (χ1) is 15.4. The zero-order chi connectivity index (χ0) is 22.7. The van der Waals surface area contributed by atoms with Crippen molar-refractivity contribution in [3.8, 4) is 0 Å². The third kappa shape index (κ3) is 4.81. The van der Waals surface area contributed by atoms with Gasteiger partial charge in [0.25, 0.3) is 5.91 Å². The molecular formula is C22H28FN7O2. The first-order valence-electron chi connectivity index (χ1n) is 10.7. The van der Waals surface area contributed by atoms with Crippen LogP contribution in [0.15, 0.2) is 30.5 Å². The van der Waals surface area contributed by atoms with Crippen LogP contribution in [0.1, 0.15) is 36.0 Å². The molecule has 0 spiro atoms. The van der Waals surface area contributed by atoms with E-state index in [-0.39, 0.29) is 29.3 Å². The molecule has 1 aromatic carbocycles. The molecule has 2 heterocycles. The number of carbonyl (C=O) groups excluding carboxylic acids is 1. The average Bonchev–Trinajstić information content (AvgIpc) is 3.17. The molecule has 9 nitrogen and oxygen atoms in total. The summed E-state index contributed by atoms with van der Waals surface area (Å²) in [5, 5.41) is 11.6. The fraction of sp³-hybridized carbons (Fsp3) is 0.409. The van der Waals surface area contributed by atoms with Crippen molar-refractivity contribution in [2.24, 2.45) is 11.5 Å². The maximum Gasteiger partial charge on any atom is 0.252 e. The number of benzene rings is 1. The summed E-state index contributed by atoms with van der Waals surface area (Å²) in [7, 11) is 1.64. The van der Waals surface area contributed by atoms with E-state index in [9.17, 15) is 9.18 Å². The number of nitrogens with one attached hydrogen (secondary N) is 2. The van der Waals surface area contributed by atoms with Crippen LogP contribution in [0.3, 0.4) is 0 Å². The lowest BCUT2D eigenvalue weighted by Crippen LogP contribution is -2.43. The molecule has 2 unspecified atom stereocenters. The lowest BCUT2D eigenvalue weighted by Gasteiger charge is -2.30. The number of rotatable bonds is 8. The van der Waals surface area contributed by atoms with E-state index in [2.05, 4.69) is 20.7 Å². The summed E-state index contributed by atoms with van der Waals surface area (Å²) < 4.78 is 21.6. The highest BCUT2D eigenvalue weighted by Crippen LogP contribution is 2.28. The van der Waals surface area contributed by atoms with E-state index < -0.39 is 11.7 Å². The van der Waals surface area contributed by atoms with Gasteiger partial charge in [-0.15, -0.1) is 0 Å². The Kier molecular flexibility index (Phi) is 6.52. The van der Waals surface area contributed by atoms with Gasteiger partial charge in [-0.05, 0) is 37.1 Å². The number of carbonyl (C=O) groups is 1. The lowest BCUT2D eigenvalue weighted by molar-refractivity contribution is 0.100. The Morgan fingerprint density at radius 1 is 1.28 bits per heavy atom. The van der Waals surface area contributed by atoms with E-state index in [1.54, 1.807) is 11.8 Å². The van der Waals surface area contributed by atoms with E-state index in [1.807, 2.05) is 24.4 Å². The fourth-order valence-electron chi connectivity index (χ4n) is 3.98. The smallest absolute Gasteiger partial charge is 0.252 e. The van der Waals surface area contributed by atoms with Crippen molar-refractivity contribution >= 4 is 34.1 Å². The van der Waals surface area contributed by atoms with Gasteiger partial charge >= 0.3 is 0 Å². The molecule has 1 saturated carbocycles. The van der Waals surface area contributed by atoms with Crippen molar-refractivity contribution in [2.45, 2.75) is 44.3 Å². The quantitative estimate of drug-likeness (QED) is 0.422. The molecule has 10 heteroatoms. The van der Waals surface area contributed by atoms with Gasteiger partial charge in [0.1, 0.15) is 5.82 Å². The highest BCUT2D eigenvalue weighted by Gasteiger charge is 2.24. The number of amides is 1. The van der Waals surface area contributed by atoms with Gasteiger partial charge in [-0.3, -0.25) is 9.48 Å². The molecule has 0 bridgehead atoms. The average molecular weight is 442 g/mol. The summed E-state index contributed by atoms with van der Waals surface area (Å²) >= 11 is 0. The topological polar surface area (TPSA) is 133 Å². The van der Waals surface area contributed by atoms with Gasteiger partial charge < -0.3 is 26.8 Å². The minimum Gasteiger partial charge on any atom is -0.383 e. The number of halogens is 1. The molecular weight excluding hydrogens is 413 g/mol. The zero-order valence-electron chi connectivity index (χ0n) is 18.0. The molecule has 2 atom stereocenters. The molecule has 0 aliphatic heterocycles. The maximum absolute atomic E-state index is 14.7. The van der Waals surface area contributed by atoms with Crippen LogP contribution >= 0.6 is 0 Å². The summed E-state index contributed by atoms with van der Waals surface area (Å²) in [6.07, 6.45) is 5.71. The van der Waals surface area contributed by atoms with Crippen molar-refractivity contribution in [1.29, 1.82) is 0 Å². The number of anilines is 3. The van der Waals surface area contributed by atoms with Gasteiger partial charge in [0.2, 0.25) is 0 Å². The second kappa shape index (κ2) is 9.49. The minimum absolute atomic E-state index is 0.0307. The fourth-order valence-corrected chi connectivity index (χ4v) is 3.98. The Morgan fingerprint density at radius 2 is 2.09 bits per heavy atom. The van der Waals surface area contributed by atoms with Gasteiger partial charge in [0, 0.05) is 36.5 Å². The summed E-state index contributed by atoms with van der Waals surface area (Å²) in [4.78, 5) is 16.3. The van der Waals surface area contributed by atoms with Gasteiger partial charge in [-0.1, -0.05) is 12.8 Å². The van der Waals surface area contributed by atoms with Crippen LogP contribution in [-0.4, -0.2) is 46.5 Å². The molecule has 32 heavy (non-hydrogen) atoms. The number of primary amides is 1. The Hall–Kier alpha value is -3.24. The van der Waals surface area contributed by atoms with Crippen LogP contribution in [0.4, 0.5) is 21.7 Å². The van der Waals surface area contributed by atoms with Crippen molar-refractivity contribution < 1.29 is 13.9 Å². The number of nitrogens with zero attached hydrogens (tertiary/aromatic N) is 3. The number of fused-ring (bicyclic) bond motifs is 1. The van der Waals surface area contributed by atoms with Gasteiger partial charge in [0.15, 0.2) is 11.6 Å². The SMILES string of the molecule is COCCn1cc2cc(Nc3nc(NC4CCCCC4N)c(F)cc3C(N)=O)ccc2n1. The molecule has 1 aliphatic carbocycles. The zero-order valence-corrected chi connectivity index (χ0v) is 18.0. The molecule has 1 amide bonds. The Labute approximate surface area is 185 Å². The van der Waals surface area contributed by atoms with Gasteiger partial charge in [-0.25, -0.2) is 9.37 Å². The van der Waals surface area contributed by atoms with E-state index in [4.69, 9.17) is 16.2 Å². The van der Waals surface area contributed by atoms with Crippen LogP contribution in [0, 0.1) is 5.82 Å². The molecule has 1 fully saturated rings. The van der Waals surface area contributed by atoms with Crippen molar-refractivity contribution in [3.63, 3.8) is 0 Å². The monoisotopic (exact) mass is 441 g/mol. The van der Waals surface area contributed by atoms with Gasteiger partial charge in [-0.2, -0.15) is 5.10 Å². The normalized spacial score (nSPS) is 18.6. The Balaban J connectivity index is 1.61. The van der Waals surface area contributed by atoms with Crippen LogP contribution < -0.4 is 22.1 Å². The molecule has 170 valence electrons. The van der Waals surface area contributed by atoms with Crippen molar-refractivity contribution in [2.75, 3.05) is 24.4 Å². The summed E-state index contributed by atoms with van der Waals surface area (Å²) in [6.45, 7) is 1.19. The number of pyridine rings is 1. The number of hydrogen-bond acceptors (Lipinski definition) is 7. The number of nitrogens with two attached hydrogens (primary N) is 2. The van der Waals surface area contributed by atoms with Crippen LogP contribution in [0.5, 0.6) is 0 Å². The number of aromatic nitrogens is 3. The third-order valence-corrected chi connectivity index (χ3v) is 5.72. The van der Waals surface area contributed by atoms with E-state index in [0.29, 0.717) is 18.8 Å². The highest BCUT2D eigenvalue weighted by molar-refractivity contribution is 5.99. The number of methoxy groups -OCH3 is 1. The van der Waals surface area contributed by atoms with Gasteiger partial charge in [0.05, 0.1) is 24.2 Å². The predicted octanol–water partition coefficient (Wildman–Crippen LogP) is 2.74. The first kappa shape index (κ1) is 22.0. The van der Waals surface area contributed by atoms with Crippen molar-refractivity contribution in [3.05, 3.63) is 41.8 Å². The van der Waals surface area contributed by atoms with Crippen LogP contribution in [-0.2, 0) is 11.3 Å². The van der Waals surface area contributed by atoms with Crippen LogP contribution in [0.2, 0.25) is 0 Å². The second-order valence-corrected chi connectivity index (χ2v) is 8.06. The maximum atomic E-state index is 14.7. The minimum atomic E-state index is -0.770. The molecule has 1 aliphatic rings. The van der Waals surface area contributed by atoms with E-state index >= 15 is 0 Å². The molecule has 2 aromatic heterocycles. The second-order valence-electron chi connectivity index (χ2n) is 8.06. The summed E-state index contributed by atoms with van der Waals surface area (Å²) in [5.41, 5.74) is 13.1. The molecule has 0 saturated heterocycles. The number of hydrogen-bond donors (Lipinski definition) is 4. The van der Waals surface area contributed by atoms with Crippen molar-refractivity contribution in [1.82, 2.24) is 14.8 Å².